The molecular formula is C27H22O4P2. The van der Waals surface area contributed by atoms with Gasteiger partial charge in [0, 0.05) is 21.2 Å². The van der Waals surface area contributed by atoms with E-state index in [9.17, 15) is 18.7 Å². The van der Waals surface area contributed by atoms with Crippen LogP contribution in [0.25, 0.3) is 0 Å². The number of hydrogen-bond donors (Lipinski definition) is 0. The number of hydrogen-bond acceptors (Lipinski definition) is 4. The maximum absolute atomic E-state index is 14.3. The van der Waals surface area contributed by atoms with Crippen LogP contribution in [0.1, 0.15) is 6.42 Å². The van der Waals surface area contributed by atoms with Gasteiger partial charge in [0.15, 0.2) is 0 Å². The Labute approximate surface area is 193 Å². The molecule has 4 rings (SSSR count). The summed E-state index contributed by atoms with van der Waals surface area (Å²) >= 11 is 0. The molecule has 0 bridgehead atoms. The molecule has 6 heteroatoms. The average Bonchev–Trinajstić information content (AvgIpc) is 2.89. The minimum atomic E-state index is -3.80. The molecule has 0 saturated carbocycles. The standard InChI is InChI=1S/C27H22O4P2/c28-26(32(30,22-13-5-1-6-14-22)23-15-7-2-8-16-23)21-27(29)33(31,24-17-9-3-10-18-24)25-19-11-4-12-20-25/h1-20H,21H2. The molecule has 0 heterocycles. The first-order chi connectivity index (χ1) is 16.0. The van der Waals surface area contributed by atoms with Crippen molar-refractivity contribution in [1.82, 2.24) is 0 Å². The first-order valence-corrected chi connectivity index (χ1v) is 13.9. The highest BCUT2D eigenvalue weighted by Gasteiger charge is 2.42. The SMILES string of the molecule is O=C(CC(=O)P(=O)(c1ccccc1)c1ccccc1)P(=O)(c1ccccc1)c1ccccc1. The summed E-state index contributed by atoms with van der Waals surface area (Å²) in [6, 6.07) is 33.8. The fourth-order valence-corrected chi connectivity index (χ4v) is 8.75. The van der Waals surface area contributed by atoms with E-state index >= 15 is 0 Å². The summed E-state index contributed by atoms with van der Waals surface area (Å²) in [7, 11) is -7.61. The molecule has 0 aliphatic rings. The quantitative estimate of drug-likeness (QED) is 0.281. The Hall–Kier alpha value is -3.32. The predicted molar refractivity (Wildman–Crippen MR) is 134 cm³/mol. The fraction of sp³-hybridized carbons (Fsp3) is 0.0370. The van der Waals surface area contributed by atoms with E-state index in [1.165, 1.54) is 0 Å². The minimum Gasteiger partial charge on any atom is -0.306 e. The Kier molecular flexibility index (Phi) is 6.70. The number of carbonyl (C=O) groups is 2. The van der Waals surface area contributed by atoms with Gasteiger partial charge in [-0.1, -0.05) is 121 Å². The number of carbonyl (C=O) groups excluding carboxylic acids is 2. The first kappa shape index (κ1) is 22.9. The van der Waals surface area contributed by atoms with Crippen molar-refractivity contribution >= 4 is 46.6 Å². The van der Waals surface area contributed by atoms with Gasteiger partial charge in [-0.3, -0.25) is 9.59 Å². The molecule has 0 aromatic heterocycles. The van der Waals surface area contributed by atoms with Crippen LogP contribution < -0.4 is 21.2 Å². The van der Waals surface area contributed by atoms with Crippen LogP contribution in [0.3, 0.4) is 0 Å². The van der Waals surface area contributed by atoms with E-state index in [1.54, 1.807) is 121 Å². The monoisotopic (exact) mass is 472 g/mol. The number of benzene rings is 4. The Balaban J connectivity index is 1.79. The fourth-order valence-electron chi connectivity index (χ4n) is 3.78. The smallest absolute Gasteiger partial charge is 0.208 e. The molecule has 0 radical (unpaired) electrons. The second kappa shape index (κ2) is 9.67. The van der Waals surface area contributed by atoms with E-state index in [4.69, 9.17) is 0 Å². The van der Waals surface area contributed by atoms with E-state index in [1.807, 2.05) is 0 Å². The Morgan fingerprint density at radius 3 is 0.848 bits per heavy atom. The summed E-state index contributed by atoms with van der Waals surface area (Å²) in [6.45, 7) is 0. The van der Waals surface area contributed by atoms with E-state index in [0.717, 1.165) is 0 Å². The summed E-state index contributed by atoms with van der Waals surface area (Å²) in [5.74, 6) is 0. The molecule has 0 spiro atoms. The lowest BCUT2D eigenvalue weighted by Gasteiger charge is -2.21. The molecule has 0 fully saturated rings. The molecule has 0 aliphatic carbocycles. The van der Waals surface area contributed by atoms with E-state index in [-0.39, 0.29) is 0 Å². The molecule has 0 N–H and O–H groups in total. The predicted octanol–water partition coefficient (Wildman–Crippen LogP) is 4.46. The summed E-state index contributed by atoms with van der Waals surface area (Å²) in [5, 5.41) is 1.40. The van der Waals surface area contributed by atoms with Gasteiger partial charge in [-0.05, 0) is 0 Å². The summed E-state index contributed by atoms with van der Waals surface area (Å²) < 4.78 is 28.5. The van der Waals surface area contributed by atoms with E-state index in [2.05, 4.69) is 0 Å². The van der Waals surface area contributed by atoms with Gasteiger partial charge in [0.1, 0.15) is 0 Å². The van der Waals surface area contributed by atoms with Crippen LogP contribution in [0.5, 0.6) is 0 Å². The van der Waals surface area contributed by atoms with Crippen LogP contribution in [0, 0.1) is 0 Å². The molecule has 4 nitrogen and oxygen atoms in total. The van der Waals surface area contributed by atoms with Crippen molar-refractivity contribution in [2.24, 2.45) is 0 Å². The molecule has 0 atom stereocenters. The van der Waals surface area contributed by atoms with Crippen LogP contribution in [-0.2, 0) is 18.7 Å². The van der Waals surface area contributed by atoms with Crippen molar-refractivity contribution < 1.29 is 18.7 Å². The van der Waals surface area contributed by atoms with Crippen molar-refractivity contribution in [1.29, 1.82) is 0 Å². The van der Waals surface area contributed by atoms with Gasteiger partial charge in [-0.25, -0.2) is 0 Å². The maximum atomic E-state index is 14.3. The second-order valence-electron chi connectivity index (χ2n) is 7.52. The number of rotatable bonds is 8. The third-order valence-corrected chi connectivity index (χ3v) is 11.3. The molecule has 0 amide bonds. The molecular weight excluding hydrogens is 450 g/mol. The normalized spacial score (nSPS) is 11.6. The average molecular weight is 472 g/mol. The van der Waals surface area contributed by atoms with Crippen molar-refractivity contribution in [3.05, 3.63) is 121 Å². The largest absolute Gasteiger partial charge is 0.306 e. The Morgan fingerprint density at radius 2 is 0.636 bits per heavy atom. The molecule has 4 aromatic carbocycles. The van der Waals surface area contributed by atoms with Gasteiger partial charge in [0.2, 0.25) is 25.3 Å². The molecule has 164 valence electrons. The van der Waals surface area contributed by atoms with Gasteiger partial charge >= 0.3 is 0 Å². The molecule has 0 unspecified atom stereocenters. The highest BCUT2D eigenvalue weighted by Crippen LogP contribution is 2.50. The molecule has 4 aromatic rings. The Morgan fingerprint density at radius 1 is 0.424 bits per heavy atom. The van der Waals surface area contributed by atoms with Gasteiger partial charge in [-0.15, -0.1) is 0 Å². The van der Waals surface area contributed by atoms with E-state index < -0.39 is 31.8 Å². The van der Waals surface area contributed by atoms with Crippen molar-refractivity contribution in [2.45, 2.75) is 6.42 Å². The maximum Gasteiger partial charge on any atom is 0.208 e. The van der Waals surface area contributed by atoms with Crippen LogP contribution in [-0.4, -0.2) is 11.0 Å². The summed E-state index contributed by atoms with van der Waals surface area (Å²) in [4.78, 5) is 27.2. The highest BCUT2D eigenvalue weighted by atomic mass is 31.2. The Bertz CT molecular complexity index is 1160. The first-order valence-electron chi connectivity index (χ1n) is 10.5. The van der Waals surface area contributed by atoms with Gasteiger partial charge in [0.05, 0.1) is 6.42 Å². The molecule has 0 saturated heterocycles. The van der Waals surface area contributed by atoms with Crippen molar-refractivity contribution in [3.63, 3.8) is 0 Å². The highest BCUT2D eigenvalue weighted by molar-refractivity contribution is 7.95. The van der Waals surface area contributed by atoms with Gasteiger partial charge < -0.3 is 9.13 Å². The van der Waals surface area contributed by atoms with Gasteiger partial charge in [-0.2, -0.15) is 0 Å². The van der Waals surface area contributed by atoms with Crippen LogP contribution in [0.15, 0.2) is 121 Å². The third-order valence-electron chi connectivity index (χ3n) is 5.48. The zero-order valence-corrected chi connectivity index (χ0v) is 19.6. The zero-order chi connectivity index (χ0) is 23.3. The lowest BCUT2D eigenvalue weighted by molar-refractivity contribution is -0.118. The molecule has 33 heavy (non-hydrogen) atoms. The van der Waals surface area contributed by atoms with Crippen molar-refractivity contribution in [2.75, 3.05) is 0 Å². The molecule has 0 aliphatic heterocycles. The topological polar surface area (TPSA) is 68.3 Å². The van der Waals surface area contributed by atoms with Crippen LogP contribution in [0.2, 0.25) is 0 Å². The van der Waals surface area contributed by atoms with Crippen molar-refractivity contribution in [3.8, 4) is 0 Å². The third kappa shape index (κ3) is 4.33. The van der Waals surface area contributed by atoms with Gasteiger partial charge in [0.25, 0.3) is 0 Å². The zero-order valence-electron chi connectivity index (χ0n) is 17.8. The van der Waals surface area contributed by atoms with Crippen LogP contribution >= 0.6 is 14.3 Å². The van der Waals surface area contributed by atoms with Crippen LogP contribution in [0.4, 0.5) is 0 Å². The van der Waals surface area contributed by atoms with E-state index in [0.29, 0.717) is 21.2 Å². The lowest BCUT2D eigenvalue weighted by Crippen LogP contribution is -2.27. The lowest BCUT2D eigenvalue weighted by atomic mass is 10.4. The summed E-state index contributed by atoms with van der Waals surface area (Å²) in [6.07, 6.45) is -0.692. The minimum absolute atomic E-state index is 0.350. The second-order valence-corrected chi connectivity index (χ2v) is 13.0. The summed E-state index contributed by atoms with van der Waals surface area (Å²) in [5.41, 5.74) is -1.45.